The fourth-order valence-electron chi connectivity index (χ4n) is 1.26. The number of ether oxygens (including phenoxy) is 1. The summed E-state index contributed by atoms with van der Waals surface area (Å²) in [6.45, 7) is 2.39. The van der Waals surface area contributed by atoms with Crippen molar-refractivity contribution in [2.75, 3.05) is 13.7 Å². The van der Waals surface area contributed by atoms with Crippen molar-refractivity contribution < 1.29 is 14.3 Å². The number of rotatable bonds is 4. The molecule has 4 heteroatoms. The van der Waals surface area contributed by atoms with Gasteiger partial charge >= 0.3 is 0 Å². The van der Waals surface area contributed by atoms with E-state index in [0.717, 1.165) is 0 Å². The van der Waals surface area contributed by atoms with Gasteiger partial charge in [0.15, 0.2) is 0 Å². The smallest absolute Gasteiger partial charge is 0.253 e. The Morgan fingerprint density at radius 3 is 2.38 bits per heavy atom. The summed E-state index contributed by atoms with van der Waals surface area (Å²) in [7, 11) is 1.60. The molecule has 0 N–H and O–H groups in total. The quantitative estimate of drug-likeness (QED) is 0.590. The van der Waals surface area contributed by atoms with Gasteiger partial charge in [-0.05, 0) is 13.3 Å². The highest BCUT2D eigenvalue weighted by Gasteiger charge is 2.27. The van der Waals surface area contributed by atoms with Crippen molar-refractivity contribution in [3.63, 3.8) is 0 Å². The lowest BCUT2D eigenvalue weighted by Crippen LogP contribution is -2.38. The summed E-state index contributed by atoms with van der Waals surface area (Å²) in [5.74, 6) is -0.456. The van der Waals surface area contributed by atoms with Crippen LogP contribution in [0.4, 0.5) is 0 Å². The van der Waals surface area contributed by atoms with Gasteiger partial charge in [0.2, 0.25) is 0 Å². The van der Waals surface area contributed by atoms with E-state index < -0.39 is 0 Å². The maximum Gasteiger partial charge on any atom is 0.253 e. The zero-order chi connectivity index (χ0) is 9.84. The molecule has 0 bridgehead atoms. The highest BCUT2D eigenvalue weighted by Crippen LogP contribution is 2.11. The normalized spacial score (nSPS) is 18.5. The molecular formula is C9H13NO3. The Bertz CT molecular complexity index is 229. The molecule has 0 aliphatic carbocycles. The third kappa shape index (κ3) is 2.15. The minimum atomic E-state index is -0.228. The first-order chi connectivity index (χ1) is 6.16. The van der Waals surface area contributed by atoms with Crippen molar-refractivity contribution in [1.29, 1.82) is 0 Å². The number of hydrogen-bond donors (Lipinski definition) is 0. The van der Waals surface area contributed by atoms with Gasteiger partial charge < -0.3 is 4.74 Å². The van der Waals surface area contributed by atoms with E-state index >= 15 is 0 Å². The molecule has 0 saturated carbocycles. The van der Waals surface area contributed by atoms with Crippen molar-refractivity contribution in [1.82, 2.24) is 4.90 Å². The lowest BCUT2D eigenvalue weighted by atomic mass is 10.2. The summed E-state index contributed by atoms with van der Waals surface area (Å²) in [6.07, 6.45) is 3.27. The molecule has 0 saturated heterocycles. The van der Waals surface area contributed by atoms with Crippen LogP contribution in [0.25, 0.3) is 0 Å². The van der Waals surface area contributed by atoms with E-state index in [2.05, 4.69) is 0 Å². The Morgan fingerprint density at radius 2 is 1.92 bits per heavy atom. The molecule has 72 valence electrons. The topological polar surface area (TPSA) is 46.6 Å². The van der Waals surface area contributed by atoms with Crippen LogP contribution >= 0.6 is 0 Å². The highest BCUT2D eigenvalue weighted by atomic mass is 16.5. The molecule has 4 nitrogen and oxygen atoms in total. The molecule has 0 spiro atoms. The van der Waals surface area contributed by atoms with Crippen LogP contribution in [-0.4, -0.2) is 36.5 Å². The number of hydrogen-bond acceptors (Lipinski definition) is 3. The number of imide groups is 1. The number of amides is 2. The molecule has 0 aromatic rings. The number of nitrogens with zero attached hydrogens (tertiary/aromatic N) is 1. The third-order valence-corrected chi connectivity index (χ3v) is 2.02. The molecule has 1 atom stereocenters. The van der Waals surface area contributed by atoms with Gasteiger partial charge in [-0.3, -0.25) is 14.5 Å². The average Bonchev–Trinajstić information content (AvgIpc) is 2.42. The van der Waals surface area contributed by atoms with Crippen molar-refractivity contribution in [2.24, 2.45) is 0 Å². The van der Waals surface area contributed by atoms with E-state index in [4.69, 9.17) is 4.74 Å². The number of carbonyl (C=O) groups is 2. The molecule has 1 aliphatic rings. The zero-order valence-electron chi connectivity index (χ0n) is 7.82. The largest absolute Gasteiger partial charge is 0.385 e. The van der Waals surface area contributed by atoms with Gasteiger partial charge in [0.25, 0.3) is 11.8 Å². The van der Waals surface area contributed by atoms with Crippen LogP contribution in [0.15, 0.2) is 12.2 Å². The highest BCUT2D eigenvalue weighted by molar-refractivity contribution is 6.13. The van der Waals surface area contributed by atoms with Crippen molar-refractivity contribution >= 4 is 11.8 Å². The van der Waals surface area contributed by atoms with E-state index in [1.807, 2.05) is 6.92 Å². The van der Waals surface area contributed by atoms with E-state index in [1.54, 1.807) is 7.11 Å². The van der Waals surface area contributed by atoms with Crippen molar-refractivity contribution in [3.8, 4) is 0 Å². The van der Waals surface area contributed by atoms with Gasteiger partial charge in [0.05, 0.1) is 0 Å². The molecule has 1 unspecified atom stereocenters. The Morgan fingerprint density at radius 1 is 1.38 bits per heavy atom. The summed E-state index contributed by atoms with van der Waals surface area (Å²) in [4.78, 5) is 23.6. The van der Waals surface area contributed by atoms with Crippen LogP contribution < -0.4 is 0 Å². The van der Waals surface area contributed by atoms with Crippen LogP contribution in [0.5, 0.6) is 0 Å². The lowest BCUT2D eigenvalue weighted by molar-refractivity contribution is -0.139. The second-order valence-corrected chi connectivity index (χ2v) is 3.01. The van der Waals surface area contributed by atoms with E-state index in [0.29, 0.717) is 13.0 Å². The molecule has 1 rings (SSSR count). The first kappa shape index (κ1) is 9.92. The van der Waals surface area contributed by atoms with Gasteiger partial charge in [-0.1, -0.05) is 0 Å². The summed E-state index contributed by atoms with van der Waals surface area (Å²) >= 11 is 0. The monoisotopic (exact) mass is 183 g/mol. The third-order valence-electron chi connectivity index (χ3n) is 2.02. The van der Waals surface area contributed by atoms with Gasteiger partial charge in [-0.2, -0.15) is 0 Å². The predicted molar refractivity (Wildman–Crippen MR) is 46.9 cm³/mol. The molecule has 2 amide bonds. The Labute approximate surface area is 77.2 Å². The zero-order valence-corrected chi connectivity index (χ0v) is 7.82. The van der Waals surface area contributed by atoms with Gasteiger partial charge in [-0.15, -0.1) is 0 Å². The Balaban J connectivity index is 2.51. The molecule has 1 heterocycles. The van der Waals surface area contributed by atoms with Crippen LogP contribution in [0, 0.1) is 0 Å². The average molecular weight is 183 g/mol. The molecule has 0 aromatic carbocycles. The SMILES string of the molecule is COCCC(C)N1C(=O)C=CC1=O. The minimum absolute atomic E-state index is 0.0880. The molecule has 1 aliphatic heterocycles. The fourth-order valence-corrected chi connectivity index (χ4v) is 1.26. The van der Waals surface area contributed by atoms with Gasteiger partial charge in [0, 0.05) is 31.9 Å². The van der Waals surface area contributed by atoms with Crippen LogP contribution in [0.1, 0.15) is 13.3 Å². The second kappa shape index (κ2) is 4.18. The maximum absolute atomic E-state index is 11.2. The summed E-state index contributed by atoms with van der Waals surface area (Å²) < 4.78 is 4.87. The summed E-state index contributed by atoms with van der Waals surface area (Å²) in [6, 6.07) is -0.0880. The summed E-state index contributed by atoms with van der Waals surface area (Å²) in [5, 5.41) is 0. The van der Waals surface area contributed by atoms with Gasteiger partial charge in [-0.25, -0.2) is 0 Å². The minimum Gasteiger partial charge on any atom is -0.385 e. The van der Waals surface area contributed by atoms with E-state index in [-0.39, 0.29) is 17.9 Å². The first-order valence-corrected chi connectivity index (χ1v) is 4.21. The summed E-state index contributed by atoms with van der Waals surface area (Å²) in [5.41, 5.74) is 0. The maximum atomic E-state index is 11.2. The molecular weight excluding hydrogens is 170 g/mol. The van der Waals surface area contributed by atoms with E-state index in [1.165, 1.54) is 17.1 Å². The predicted octanol–water partition coefficient (Wildman–Crippen LogP) is 0.336. The van der Waals surface area contributed by atoms with Crippen LogP contribution in [0.2, 0.25) is 0 Å². The fraction of sp³-hybridized carbons (Fsp3) is 0.556. The molecule has 13 heavy (non-hydrogen) atoms. The lowest BCUT2D eigenvalue weighted by Gasteiger charge is -2.21. The molecule has 0 radical (unpaired) electrons. The molecule has 0 fully saturated rings. The first-order valence-electron chi connectivity index (χ1n) is 4.21. The standard InChI is InChI=1S/C9H13NO3/c1-7(5-6-13-2)10-8(11)3-4-9(10)12/h3-4,7H,5-6H2,1-2H3. The number of carbonyl (C=O) groups excluding carboxylic acids is 2. The van der Waals surface area contributed by atoms with Crippen LogP contribution in [0.3, 0.4) is 0 Å². The van der Waals surface area contributed by atoms with Gasteiger partial charge in [0.1, 0.15) is 0 Å². The van der Waals surface area contributed by atoms with Crippen LogP contribution in [-0.2, 0) is 14.3 Å². The Hall–Kier alpha value is -1.16. The second-order valence-electron chi connectivity index (χ2n) is 3.01. The van der Waals surface area contributed by atoms with Crippen molar-refractivity contribution in [3.05, 3.63) is 12.2 Å². The Kier molecular flexibility index (Phi) is 3.19. The van der Waals surface area contributed by atoms with Crippen molar-refractivity contribution in [2.45, 2.75) is 19.4 Å². The van der Waals surface area contributed by atoms with E-state index in [9.17, 15) is 9.59 Å². The molecule has 0 aromatic heterocycles. The number of methoxy groups -OCH3 is 1.